The average molecular weight is 598 g/mol. The molecule has 4 N–H and O–H groups in total. The van der Waals surface area contributed by atoms with E-state index < -0.39 is 43.8 Å². The number of aromatic amines is 2. The van der Waals surface area contributed by atoms with Crippen molar-refractivity contribution < 1.29 is 26.8 Å². The van der Waals surface area contributed by atoms with Gasteiger partial charge in [0.1, 0.15) is 11.6 Å². The van der Waals surface area contributed by atoms with E-state index in [2.05, 4.69) is 25.8 Å². The number of halogens is 2. The fourth-order valence-corrected chi connectivity index (χ4v) is 6.49. The number of rotatable bonds is 7. The Bertz CT molecular complexity index is 1760. The molecule has 4 aromatic rings. The summed E-state index contributed by atoms with van der Waals surface area (Å²) in [6, 6.07) is 8.67. The Morgan fingerprint density at radius 1 is 1.02 bits per heavy atom. The number of carbonyl (C=O) groups excluding carboxylic acids is 2. The first kappa shape index (κ1) is 29.0. The molecule has 0 spiro atoms. The maximum Gasteiger partial charge on any atom is 0.258 e. The van der Waals surface area contributed by atoms with Gasteiger partial charge in [-0.2, -0.15) is 9.40 Å². The molecule has 14 heteroatoms. The monoisotopic (exact) mass is 597 g/mol. The molecule has 0 atom stereocenters. The van der Waals surface area contributed by atoms with E-state index in [0.29, 0.717) is 22.9 Å². The Hall–Kier alpha value is -4.56. The molecular weight excluding hydrogens is 568 g/mol. The number of hydrogen-bond acceptors (Lipinski definition) is 6. The van der Waals surface area contributed by atoms with Gasteiger partial charge in [0, 0.05) is 68.0 Å². The minimum atomic E-state index is -4.31. The average Bonchev–Trinajstić information content (AvgIpc) is 3.59. The van der Waals surface area contributed by atoms with Gasteiger partial charge in [0.15, 0.2) is 5.82 Å². The number of benzene rings is 2. The lowest BCUT2D eigenvalue weighted by Gasteiger charge is -2.36. The highest BCUT2D eigenvalue weighted by Gasteiger charge is 2.41. The Kier molecular flexibility index (Phi) is 7.37. The summed E-state index contributed by atoms with van der Waals surface area (Å²) in [5.41, 5.74) is 1.75. The lowest BCUT2D eigenvalue weighted by atomic mass is 9.84. The molecule has 1 aliphatic heterocycles. The molecular formula is C28H29F2N7O4S. The smallest absolute Gasteiger partial charge is 0.258 e. The van der Waals surface area contributed by atoms with Gasteiger partial charge in [-0.25, -0.2) is 17.2 Å². The lowest BCUT2D eigenvalue weighted by Crippen LogP contribution is -2.45. The van der Waals surface area contributed by atoms with Crippen molar-refractivity contribution in [1.82, 2.24) is 19.5 Å². The maximum atomic E-state index is 13.9. The third kappa shape index (κ3) is 5.50. The molecule has 5 rings (SSSR count). The van der Waals surface area contributed by atoms with Crippen LogP contribution in [0.25, 0.3) is 0 Å². The number of amides is 2. The third-order valence-electron chi connectivity index (χ3n) is 7.03. The van der Waals surface area contributed by atoms with E-state index in [4.69, 9.17) is 0 Å². The van der Waals surface area contributed by atoms with E-state index in [1.165, 1.54) is 6.20 Å². The second-order valence-corrected chi connectivity index (χ2v) is 12.8. The van der Waals surface area contributed by atoms with Crippen LogP contribution in [0.1, 0.15) is 45.8 Å². The van der Waals surface area contributed by atoms with Crippen LogP contribution < -0.4 is 15.5 Å². The van der Waals surface area contributed by atoms with E-state index in [9.17, 15) is 26.8 Å². The Morgan fingerprint density at radius 2 is 1.74 bits per heavy atom. The van der Waals surface area contributed by atoms with Crippen LogP contribution in [0.4, 0.5) is 26.0 Å². The van der Waals surface area contributed by atoms with E-state index in [1.807, 2.05) is 19.0 Å². The minimum Gasteiger partial charge on any atom is -0.378 e. The molecule has 0 unspecified atom stereocenters. The molecule has 0 saturated carbocycles. The number of fused-ring (bicyclic) bond motifs is 1. The van der Waals surface area contributed by atoms with Gasteiger partial charge in [-0.15, -0.1) is 0 Å². The van der Waals surface area contributed by atoms with Crippen LogP contribution in [-0.4, -0.2) is 60.4 Å². The zero-order valence-corrected chi connectivity index (χ0v) is 24.1. The second kappa shape index (κ2) is 10.7. The van der Waals surface area contributed by atoms with Gasteiger partial charge in [-0.3, -0.25) is 14.7 Å². The van der Waals surface area contributed by atoms with Crippen molar-refractivity contribution in [3.63, 3.8) is 0 Å². The van der Waals surface area contributed by atoms with Crippen molar-refractivity contribution in [1.29, 1.82) is 0 Å². The van der Waals surface area contributed by atoms with Gasteiger partial charge in [0.25, 0.3) is 11.8 Å². The highest BCUT2D eigenvalue weighted by Crippen LogP contribution is 2.38. The summed E-state index contributed by atoms with van der Waals surface area (Å²) in [6.45, 7) is 3.37. The first-order valence-electron chi connectivity index (χ1n) is 12.9. The molecule has 2 amide bonds. The number of hydrogen-bond donors (Lipinski definition) is 4. The molecule has 2 aromatic carbocycles. The maximum absolute atomic E-state index is 13.9. The van der Waals surface area contributed by atoms with Crippen LogP contribution in [0, 0.1) is 11.6 Å². The van der Waals surface area contributed by atoms with Gasteiger partial charge in [-0.1, -0.05) is 13.8 Å². The van der Waals surface area contributed by atoms with Crippen LogP contribution in [-0.2, 0) is 22.0 Å². The number of anilines is 3. The Labute approximate surface area is 241 Å². The SMILES string of the molecule is CN(C)c1ccc(C(=O)Nc2n[nH]c3c2CN(S(=O)(=O)c2cc(F)cc(F)c2)CC3(C)C)c(NC(=O)c2cc[nH]c2)c1. The molecule has 1 aliphatic rings. The van der Waals surface area contributed by atoms with Crippen LogP contribution >= 0.6 is 0 Å². The zero-order chi connectivity index (χ0) is 30.4. The molecule has 220 valence electrons. The summed E-state index contributed by atoms with van der Waals surface area (Å²) < 4.78 is 55.7. The first-order chi connectivity index (χ1) is 19.8. The Morgan fingerprint density at radius 3 is 2.38 bits per heavy atom. The van der Waals surface area contributed by atoms with Gasteiger partial charge < -0.3 is 20.5 Å². The molecule has 0 saturated heterocycles. The van der Waals surface area contributed by atoms with Crippen molar-refractivity contribution in [3.05, 3.63) is 88.9 Å². The summed E-state index contributed by atoms with van der Waals surface area (Å²) in [4.78, 5) is 30.5. The molecule has 0 fully saturated rings. The molecule has 42 heavy (non-hydrogen) atoms. The van der Waals surface area contributed by atoms with Crippen molar-refractivity contribution in [2.75, 3.05) is 36.2 Å². The number of nitrogens with one attached hydrogen (secondary N) is 4. The zero-order valence-electron chi connectivity index (χ0n) is 23.2. The third-order valence-corrected chi connectivity index (χ3v) is 8.80. The number of aromatic nitrogens is 3. The number of carbonyl (C=O) groups is 2. The predicted molar refractivity (Wildman–Crippen MR) is 153 cm³/mol. The van der Waals surface area contributed by atoms with Crippen LogP contribution in [0.15, 0.2) is 59.8 Å². The van der Waals surface area contributed by atoms with E-state index in [0.717, 1.165) is 22.1 Å². The lowest BCUT2D eigenvalue weighted by molar-refractivity contribution is 0.102. The van der Waals surface area contributed by atoms with Crippen LogP contribution in [0.5, 0.6) is 0 Å². The van der Waals surface area contributed by atoms with Crippen molar-refractivity contribution in [2.45, 2.75) is 30.7 Å². The largest absolute Gasteiger partial charge is 0.378 e. The standard InChI is InChI=1S/C28H29F2N7O4S/c1-28(2)15-37(42(40,41)20-10-17(29)9-18(30)11-20)14-22-24(28)34-35-25(22)33-27(39)21-6-5-19(36(3)4)12-23(21)32-26(38)16-7-8-31-13-16/h5-13,31H,14-15H2,1-4H3,(H,32,38)(H2,33,34,35,39). The predicted octanol–water partition coefficient (Wildman–Crippen LogP) is 4.07. The summed E-state index contributed by atoms with van der Waals surface area (Å²) in [5.74, 6) is -2.95. The van der Waals surface area contributed by atoms with Gasteiger partial charge >= 0.3 is 0 Å². The van der Waals surface area contributed by atoms with Crippen molar-refractivity contribution >= 4 is 39.0 Å². The van der Waals surface area contributed by atoms with Crippen molar-refractivity contribution in [2.24, 2.45) is 0 Å². The Balaban J connectivity index is 1.46. The van der Waals surface area contributed by atoms with Crippen LogP contribution in [0.2, 0.25) is 0 Å². The van der Waals surface area contributed by atoms with Crippen LogP contribution in [0.3, 0.4) is 0 Å². The van der Waals surface area contributed by atoms with Crippen molar-refractivity contribution in [3.8, 4) is 0 Å². The molecule has 0 radical (unpaired) electrons. The number of nitrogens with zero attached hydrogens (tertiary/aromatic N) is 3. The van der Waals surface area contributed by atoms with E-state index >= 15 is 0 Å². The highest BCUT2D eigenvalue weighted by molar-refractivity contribution is 7.89. The second-order valence-electron chi connectivity index (χ2n) is 10.8. The highest BCUT2D eigenvalue weighted by atomic mass is 32.2. The number of H-pyrrole nitrogens is 2. The molecule has 2 aromatic heterocycles. The number of sulfonamides is 1. The van der Waals surface area contributed by atoms with E-state index in [1.54, 1.807) is 44.3 Å². The molecule has 11 nitrogen and oxygen atoms in total. The fourth-order valence-electron chi connectivity index (χ4n) is 4.88. The summed E-state index contributed by atoms with van der Waals surface area (Å²) in [5, 5.41) is 12.7. The van der Waals surface area contributed by atoms with E-state index in [-0.39, 0.29) is 30.2 Å². The minimum absolute atomic E-state index is 0.00260. The normalized spacial score (nSPS) is 14.7. The summed E-state index contributed by atoms with van der Waals surface area (Å²) >= 11 is 0. The van der Waals surface area contributed by atoms with Gasteiger partial charge in [0.2, 0.25) is 10.0 Å². The molecule has 3 heterocycles. The summed E-state index contributed by atoms with van der Waals surface area (Å²) in [7, 11) is -0.662. The quantitative estimate of drug-likeness (QED) is 0.253. The van der Waals surface area contributed by atoms with Gasteiger partial charge in [0.05, 0.1) is 21.7 Å². The molecule has 0 bridgehead atoms. The summed E-state index contributed by atoms with van der Waals surface area (Å²) in [6.07, 6.45) is 3.13. The topological polar surface area (TPSA) is 143 Å². The van der Waals surface area contributed by atoms with Gasteiger partial charge in [-0.05, 0) is 36.4 Å². The molecule has 0 aliphatic carbocycles. The fraction of sp³-hybridized carbons (Fsp3) is 0.250. The first-order valence-corrected chi connectivity index (χ1v) is 14.3.